The predicted molar refractivity (Wildman–Crippen MR) is 49.3 cm³/mol. The van der Waals surface area contributed by atoms with Gasteiger partial charge in [0.15, 0.2) is 0 Å². The van der Waals surface area contributed by atoms with E-state index in [-0.39, 0.29) is 5.75 Å². The van der Waals surface area contributed by atoms with Crippen molar-refractivity contribution in [2.75, 3.05) is 14.2 Å². The SMILES string of the molecule is COc1ccc(C(F)(F)F)c(OC)c1C. The summed E-state index contributed by atoms with van der Waals surface area (Å²) in [6, 6.07) is 2.23. The second kappa shape index (κ2) is 4.00. The van der Waals surface area contributed by atoms with Crippen molar-refractivity contribution in [1.82, 2.24) is 0 Å². The normalized spacial score (nSPS) is 11.3. The molecule has 84 valence electrons. The Morgan fingerprint density at radius 1 is 1.07 bits per heavy atom. The standard InChI is InChI=1S/C10H11F3O2/c1-6-8(14-2)5-4-7(9(6)15-3)10(11,12)13/h4-5H,1-3H3. The van der Waals surface area contributed by atoms with Crippen LogP contribution >= 0.6 is 0 Å². The maximum absolute atomic E-state index is 12.5. The van der Waals surface area contributed by atoms with Crippen molar-refractivity contribution in [2.24, 2.45) is 0 Å². The highest BCUT2D eigenvalue weighted by atomic mass is 19.4. The summed E-state index contributed by atoms with van der Waals surface area (Å²) in [5, 5.41) is 0. The number of rotatable bonds is 2. The van der Waals surface area contributed by atoms with E-state index in [1.54, 1.807) is 0 Å². The molecule has 0 aliphatic rings. The Labute approximate surface area is 85.6 Å². The van der Waals surface area contributed by atoms with Crippen molar-refractivity contribution in [2.45, 2.75) is 13.1 Å². The van der Waals surface area contributed by atoms with Crippen LogP contribution in [0, 0.1) is 6.92 Å². The lowest BCUT2D eigenvalue weighted by Crippen LogP contribution is -2.08. The van der Waals surface area contributed by atoms with E-state index in [2.05, 4.69) is 0 Å². The van der Waals surface area contributed by atoms with Crippen molar-refractivity contribution in [1.29, 1.82) is 0 Å². The fourth-order valence-corrected chi connectivity index (χ4v) is 1.38. The van der Waals surface area contributed by atoms with Crippen molar-refractivity contribution in [3.05, 3.63) is 23.3 Å². The van der Waals surface area contributed by atoms with Gasteiger partial charge in [-0.15, -0.1) is 0 Å². The summed E-state index contributed by atoms with van der Waals surface area (Å²) in [6.07, 6.45) is -4.41. The summed E-state index contributed by atoms with van der Waals surface area (Å²) in [5.41, 5.74) is -0.446. The maximum Gasteiger partial charge on any atom is 0.419 e. The largest absolute Gasteiger partial charge is 0.496 e. The van der Waals surface area contributed by atoms with Gasteiger partial charge < -0.3 is 9.47 Å². The molecule has 1 aromatic rings. The summed E-state index contributed by atoms with van der Waals surface area (Å²) in [7, 11) is 2.60. The first-order valence-corrected chi connectivity index (χ1v) is 4.20. The Kier molecular flexibility index (Phi) is 3.12. The summed E-state index contributed by atoms with van der Waals surface area (Å²) in [5.74, 6) is 0.182. The molecular weight excluding hydrogens is 209 g/mol. The van der Waals surface area contributed by atoms with Gasteiger partial charge >= 0.3 is 6.18 Å². The second-order valence-corrected chi connectivity index (χ2v) is 2.97. The van der Waals surface area contributed by atoms with Gasteiger partial charge in [0.2, 0.25) is 0 Å². The van der Waals surface area contributed by atoms with Gasteiger partial charge in [-0.3, -0.25) is 0 Å². The minimum Gasteiger partial charge on any atom is -0.496 e. The minimum absolute atomic E-state index is 0.193. The molecule has 0 aliphatic heterocycles. The van der Waals surface area contributed by atoms with Crippen LogP contribution in [0.3, 0.4) is 0 Å². The maximum atomic E-state index is 12.5. The Hall–Kier alpha value is -1.39. The molecule has 0 heterocycles. The zero-order valence-corrected chi connectivity index (χ0v) is 8.61. The van der Waals surface area contributed by atoms with Crippen LogP contribution in [0.5, 0.6) is 11.5 Å². The molecule has 0 spiro atoms. The van der Waals surface area contributed by atoms with Crippen LogP contribution < -0.4 is 9.47 Å². The first kappa shape index (κ1) is 11.7. The summed E-state index contributed by atoms with van der Waals surface area (Å²) in [6.45, 7) is 1.52. The third-order valence-corrected chi connectivity index (χ3v) is 2.09. The molecule has 0 saturated carbocycles. The average Bonchev–Trinajstić information content (AvgIpc) is 2.15. The summed E-state index contributed by atoms with van der Waals surface area (Å²) in [4.78, 5) is 0. The van der Waals surface area contributed by atoms with Crippen LogP contribution in [0.4, 0.5) is 13.2 Å². The van der Waals surface area contributed by atoms with E-state index >= 15 is 0 Å². The number of hydrogen-bond donors (Lipinski definition) is 0. The second-order valence-electron chi connectivity index (χ2n) is 2.97. The van der Waals surface area contributed by atoms with E-state index < -0.39 is 11.7 Å². The molecule has 0 aliphatic carbocycles. The summed E-state index contributed by atoms with van der Waals surface area (Å²) < 4.78 is 47.2. The number of methoxy groups -OCH3 is 2. The Balaban J connectivity index is 3.38. The quantitative estimate of drug-likeness (QED) is 0.762. The van der Waals surface area contributed by atoms with Crippen LogP contribution in [0.2, 0.25) is 0 Å². The molecule has 0 fully saturated rings. The zero-order valence-electron chi connectivity index (χ0n) is 8.61. The van der Waals surface area contributed by atoms with Gasteiger partial charge in [0.25, 0.3) is 0 Å². The molecule has 0 unspecified atom stereocenters. The van der Waals surface area contributed by atoms with Crippen molar-refractivity contribution >= 4 is 0 Å². The minimum atomic E-state index is -4.41. The van der Waals surface area contributed by atoms with Crippen molar-refractivity contribution in [3.63, 3.8) is 0 Å². The monoisotopic (exact) mass is 220 g/mol. The average molecular weight is 220 g/mol. The zero-order chi connectivity index (χ0) is 11.6. The lowest BCUT2D eigenvalue weighted by atomic mass is 10.1. The van der Waals surface area contributed by atoms with E-state index in [1.807, 2.05) is 0 Å². The Morgan fingerprint density at radius 3 is 2.07 bits per heavy atom. The fraction of sp³-hybridized carbons (Fsp3) is 0.400. The highest BCUT2D eigenvalue weighted by molar-refractivity contribution is 5.50. The first-order valence-electron chi connectivity index (χ1n) is 4.20. The first-order chi connectivity index (χ1) is 6.91. The molecule has 5 heteroatoms. The molecule has 0 radical (unpaired) electrons. The van der Waals surface area contributed by atoms with Gasteiger partial charge in [-0.1, -0.05) is 0 Å². The number of benzene rings is 1. The van der Waals surface area contributed by atoms with Gasteiger partial charge in [0, 0.05) is 5.56 Å². The predicted octanol–water partition coefficient (Wildman–Crippen LogP) is 3.03. The van der Waals surface area contributed by atoms with Crippen molar-refractivity contribution in [3.8, 4) is 11.5 Å². The van der Waals surface area contributed by atoms with Crippen LogP contribution in [0.25, 0.3) is 0 Å². The van der Waals surface area contributed by atoms with Gasteiger partial charge in [-0.25, -0.2) is 0 Å². The van der Waals surface area contributed by atoms with Gasteiger partial charge in [0.1, 0.15) is 11.5 Å². The number of hydrogen-bond acceptors (Lipinski definition) is 2. The Bertz CT molecular complexity index is 358. The van der Waals surface area contributed by atoms with Crippen molar-refractivity contribution < 1.29 is 22.6 Å². The molecule has 0 bridgehead atoms. The van der Waals surface area contributed by atoms with E-state index in [4.69, 9.17) is 9.47 Å². The molecule has 2 nitrogen and oxygen atoms in total. The van der Waals surface area contributed by atoms with Crippen LogP contribution in [-0.4, -0.2) is 14.2 Å². The molecule has 15 heavy (non-hydrogen) atoms. The molecule has 0 saturated heterocycles. The van der Waals surface area contributed by atoms with Gasteiger partial charge in [0.05, 0.1) is 19.8 Å². The molecule has 0 amide bonds. The molecule has 1 aromatic carbocycles. The molecule has 0 N–H and O–H groups in total. The highest BCUT2D eigenvalue weighted by Gasteiger charge is 2.35. The molecule has 1 rings (SSSR count). The third kappa shape index (κ3) is 2.16. The topological polar surface area (TPSA) is 18.5 Å². The van der Waals surface area contributed by atoms with Crippen LogP contribution in [0.15, 0.2) is 12.1 Å². The third-order valence-electron chi connectivity index (χ3n) is 2.09. The van der Waals surface area contributed by atoms with E-state index in [9.17, 15) is 13.2 Å². The van der Waals surface area contributed by atoms with Crippen LogP contribution in [-0.2, 0) is 6.18 Å². The number of alkyl halides is 3. The number of halogens is 3. The molecule has 0 atom stereocenters. The van der Waals surface area contributed by atoms with E-state index in [0.29, 0.717) is 11.3 Å². The smallest absolute Gasteiger partial charge is 0.419 e. The van der Waals surface area contributed by atoms with Gasteiger partial charge in [-0.2, -0.15) is 13.2 Å². The molecule has 0 aromatic heterocycles. The molecular formula is C10H11F3O2. The highest BCUT2D eigenvalue weighted by Crippen LogP contribution is 2.40. The lowest BCUT2D eigenvalue weighted by Gasteiger charge is -2.16. The van der Waals surface area contributed by atoms with E-state index in [1.165, 1.54) is 27.2 Å². The fourth-order valence-electron chi connectivity index (χ4n) is 1.38. The summed E-state index contributed by atoms with van der Waals surface area (Å²) >= 11 is 0. The lowest BCUT2D eigenvalue weighted by molar-refractivity contribution is -0.138. The van der Waals surface area contributed by atoms with Crippen LogP contribution in [0.1, 0.15) is 11.1 Å². The Morgan fingerprint density at radius 2 is 1.67 bits per heavy atom. The van der Waals surface area contributed by atoms with E-state index in [0.717, 1.165) is 6.07 Å². The van der Waals surface area contributed by atoms with Gasteiger partial charge in [-0.05, 0) is 19.1 Å². The number of ether oxygens (including phenoxy) is 2.